The maximum absolute atomic E-state index is 10.6. The number of rotatable bonds is 2. The first-order chi connectivity index (χ1) is 6.83. The van der Waals surface area contributed by atoms with Crippen LogP contribution in [-0.2, 0) is 0 Å². The summed E-state index contributed by atoms with van der Waals surface area (Å²) in [6.45, 7) is 1.86. The van der Waals surface area contributed by atoms with Crippen molar-refractivity contribution >= 4 is 6.29 Å². The van der Waals surface area contributed by atoms with Crippen LogP contribution < -0.4 is 0 Å². The van der Waals surface area contributed by atoms with Crippen molar-refractivity contribution in [3.63, 3.8) is 0 Å². The molecule has 1 N–H and O–H groups in total. The lowest BCUT2D eigenvalue weighted by molar-refractivity contribution is 0.111. The van der Waals surface area contributed by atoms with Gasteiger partial charge in [0.05, 0.1) is 5.69 Å². The Morgan fingerprint density at radius 3 is 2.64 bits per heavy atom. The number of H-pyrrole nitrogens is 1. The van der Waals surface area contributed by atoms with Crippen molar-refractivity contribution in [2.45, 2.75) is 6.92 Å². The van der Waals surface area contributed by atoms with Gasteiger partial charge in [0.2, 0.25) is 0 Å². The standard InChI is InChI=1S/C10H9N3O/c1-7-9(6-14)12-13-10(7)8-2-4-11-5-3-8/h2-6H,1H3,(H,12,13). The number of aromatic amines is 1. The molecule has 2 aromatic rings. The third-order valence-corrected chi connectivity index (χ3v) is 2.12. The zero-order valence-electron chi connectivity index (χ0n) is 7.69. The van der Waals surface area contributed by atoms with Gasteiger partial charge in [0.25, 0.3) is 0 Å². The monoisotopic (exact) mass is 187 g/mol. The summed E-state index contributed by atoms with van der Waals surface area (Å²) in [4.78, 5) is 14.5. The largest absolute Gasteiger partial charge is 0.296 e. The van der Waals surface area contributed by atoms with Gasteiger partial charge in [0.15, 0.2) is 6.29 Å². The number of pyridine rings is 1. The highest BCUT2D eigenvalue weighted by Gasteiger charge is 2.09. The van der Waals surface area contributed by atoms with Gasteiger partial charge >= 0.3 is 0 Å². The van der Waals surface area contributed by atoms with Crippen LogP contribution in [0.25, 0.3) is 11.3 Å². The van der Waals surface area contributed by atoms with Gasteiger partial charge in [-0.3, -0.25) is 14.9 Å². The zero-order chi connectivity index (χ0) is 9.97. The van der Waals surface area contributed by atoms with Gasteiger partial charge in [0, 0.05) is 23.5 Å². The highest BCUT2D eigenvalue weighted by Crippen LogP contribution is 2.20. The van der Waals surface area contributed by atoms with Crippen molar-refractivity contribution in [3.8, 4) is 11.3 Å². The van der Waals surface area contributed by atoms with E-state index in [0.29, 0.717) is 5.69 Å². The maximum atomic E-state index is 10.6. The van der Waals surface area contributed by atoms with Crippen LogP contribution in [0.4, 0.5) is 0 Å². The molecule has 4 heteroatoms. The van der Waals surface area contributed by atoms with Gasteiger partial charge in [-0.05, 0) is 19.1 Å². The lowest BCUT2D eigenvalue weighted by Crippen LogP contribution is -1.83. The minimum atomic E-state index is 0.525. The molecule has 0 fully saturated rings. The molecule has 0 unspecified atom stereocenters. The van der Waals surface area contributed by atoms with Crippen LogP contribution in [-0.4, -0.2) is 21.5 Å². The molecule has 0 atom stereocenters. The molecule has 2 aromatic heterocycles. The number of nitrogens with one attached hydrogen (secondary N) is 1. The Morgan fingerprint density at radius 1 is 1.36 bits per heavy atom. The van der Waals surface area contributed by atoms with Crippen molar-refractivity contribution in [1.82, 2.24) is 15.2 Å². The van der Waals surface area contributed by atoms with Crippen molar-refractivity contribution in [2.24, 2.45) is 0 Å². The van der Waals surface area contributed by atoms with Crippen molar-refractivity contribution in [2.75, 3.05) is 0 Å². The molecule has 0 bridgehead atoms. The average Bonchev–Trinajstić information content (AvgIpc) is 2.61. The number of nitrogens with zero attached hydrogens (tertiary/aromatic N) is 2. The van der Waals surface area contributed by atoms with Crippen molar-refractivity contribution < 1.29 is 4.79 Å². The molecular formula is C10H9N3O. The van der Waals surface area contributed by atoms with Crippen LogP contribution in [0, 0.1) is 6.92 Å². The van der Waals surface area contributed by atoms with Crippen LogP contribution >= 0.6 is 0 Å². The van der Waals surface area contributed by atoms with E-state index in [1.807, 2.05) is 19.1 Å². The van der Waals surface area contributed by atoms with Gasteiger partial charge in [-0.1, -0.05) is 0 Å². The number of carbonyl (C=O) groups is 1. The van der Waals surface area contributed by atoms with Gasteiger partial charge < -0.3 is 0 Å². The van der Waals surface area contributed by atoms with E-state index in [1.165, 1.54) is 0 Å². The molecule has 70 valence electrons. The molecule has 4 nitrogen and oxygen atoms in total. The van der Waals surface area contributed by atoms with E-state index in [0.717, 1.165) is 23.1 Å². The van der Waals surface area contributed by atoms with E-state index in [9.17, 15) is 4.79 Å². The van der Waals surface area contributed by atoms with Crippen LogP contribution in [0.2, 0.25) is 0 Å². The third-order valence-electron chi connectivity index (χ3n) is 2.12. The van der Waals surface area contributed by atoms with E-state index < -0.39 is 0 Å². The summed E-state index contributed by atoms with van der Waals surface area (Å²) >= 11 is 0. The Bertz CT molecular complexity index is 448. The summed E-state index contributed by atoms with van der Waals surface area (Å²) in [5.41, 5.74) is 3.15. The van der Waals surface area contributed by atoms with E-state index in [-0.39, 0.29) is 0 Å². The third kappa shape index (κ3) is 1.31. The molecule has 0 saturated heterocycles. The molecule has 2 heterocycles. The molecule has 0 radical (unpaired) electrons. The summed E-state index contributed by atoms with van der Waals surface area (Å²) in [7, 11) is 0. The second kappa shape index (κ2) is 3.41. The molecule has 0 aliphatic heterocycles. The summed E-state index contributed by atoms with van der Waals surface area (Å²) in [5.74, 6) is 0. The Morgan fingerprint density at radius 2 is 2.07 bits per heavy atom. The molecule has 0 aliphatic rings. The fourth-order valence-electron chi connectivity index (χ4n) is 1.32. The van der Waals surface area contributed by atoms with Gasteiger partial charge in [-0.25, -0.2) is 0 Å². The highest BCUT2D eigenvalue weighted by molar-refractivity contribution is 5.79. The summed E-state index contributed by atoms with van der Waals surface area (Å²) in [6, 6.07) is 3.72. The van der Waals surface area contributed by atoms with Gasteiger partial charge in [-0.2, -0.15) is 5.10 Å². The number of hydrogen-bond acceptors (Lipinski definition) is 3. The minimum absolute atomic E-state index is 0.525. The van der Waals surface area contributed by atoms with Crippen molar-refractivity contribution in [3.05, 3.63) is 35.8 Å². The number of hydrogen-bond donors (Lipinski definition) is 1. The van der Waals surface area contributed by atoms with Gasteiger partial charge in [0.1, 0.15) is 5.69 Å². The smallest absolute Gasteiger partial charge is 0.168 e. The van der Waals surface area contributed by atoms with Crippen LogP contribution in [0.3, 0.4) is 0 Å². The minimum Gasteiger partial charge on any atom is -0.296 e. The lowest BCUT2D eigenvalue weighted by Gasteiger charge is -1.96. The molecule has 2 rings (SSSR count). The fraction of sp³-hybridized carbons (Fsp3) is 0.100. The Labute approximate surface area is 81.0 Å². The molecular weight excluding hydrogens is 178 g/mol. The number of aldehydes is 1. The van der Waals surface area contributed by atoms with Crippen LogP contribution in [0.5, 0.6) is 0 Å². The van der Waals surface area contributed by atoms with Crippen LogP contribution in [0.1, 0.15) is 16.1 Å². The molecule has 0 amide bonds. The molecule has 0 aromatic carbocycles. The highest BCUT2D eigenvalue weighted by atomic mass is 16.1. The first-order valence-corrected chi connectivity index (χ1v) is 4.23. The van der Waals surface area contributed by atoms with Gasteiger partial charge in [-0.15, -0.1) is 0 Å². The van der Waals surface area contributed by atoms with E-state index >= 15 is 0 Å². The predicted molar refractivity (Wildman–Crippen MR) is 51.9 cm³/mol. The molecule has 0 spiro atoms. The summed E-state index contributed by atoms with van der Waals surface area (Å²) in [6.07, 6.45) is 4.17. The lowest BCUT2D eigenvalue weighted by atomic mass is 10.1. The normalized spacial score (nSPS) is 10.1. The topological polar surface area (TPSA) is 58.6 Å². The summed E-state index contributed by atoms with van der Waals surface area (Å²) < 4.78 is 0. The average molecular weight is 187 g/mol. The van der Waals surface area contributed by atoms with E-state index in [2.05, 4.69) is 15.2 Å². The summed E-state index contributed by atoms with van der Waals surface area (Å²) in [5, 5.41) is 6.76. The fourth-order valence-corrected chi connectivity index (χ4v) is 1.32. The van der Waals surface area contributed by atoms with E-state index in [4.69, 9.17) is 0 Å². The number of aromatic nitrogens is 3. The van der Waals surface area contributed by atoms with Crippen LogP contribution in [0.15, 0.2) is 24.5 Å². The molecule has 0 saturated carbocycles. The second-order valence-corrected chi connectivity index (χ2v) is 2.96. The van der Waals surface area contributed by atoms with Crippen molar-refractivity contribution in [1.29, 1.82) is 0 Å². The zero-order valence-corrected chi connectivity index (χ0v) is 7.69. The Kier molecular flexibility index (Phi) is 2.10. The first-order valence-electron chi connectivity index (χ1n) is 4.23. The number of carbonyl (C=O) groups excluding carboxylic acids is 1. The second-order valence-electron chi connectivity index (χ2n) is 2.96. The molecule has 0 aliphatic carbocycles. The first kappa shape index (κ1) is 8.62. The Hall–Kier alpha value is -1.97. The predicted octanol–water partition coefficient (Wildman–Crippen LogP) is 1.59. The van der Waals surface area contributed by atoms with E-state index in [1.54, 1.807) is 12.4 Å². The maximum Gasteiger partial charge on any atom is 0.168 e. The quantitative estimate of drug-likeness (QED) is 0.726. The SMILES string of the molecule is Cc1c(-c2ccncc2)n[nH]c1C=O. The molecule has 14 heavy (non-hydrogen) atoms. The Balaban J connectivity index is 2.53.